The van der Waals surface area contributed by atoms with Crippen LogP contribution in [0.4, 0.5) is 14.5 Å². The first kappa shape index (κ1) is 13.2. The van der Waals surface area contributed by atoms with Gasteiger partial charge in [-0.05, 0) is 25.0 Å². The molecule has 0 heterocycles. The minimum Gasteiger partial charge on any atom is -0.399 e. The lowest BCUT2D eigenvalue weighted by Crippen LogP contribution is -2.34. The number of nitrogens with zero attached hydrogens (tertiary/aromatic N) is 1. The summed E-state index contributed by atoms with van der Waals surface area (Å²) in [7, 11) is -4.14. The Kier molecular flexibility index (Phi) is 3.29. The van der Waals surface area contributed by atoms with Crippen LogP contribution in [0.1, 0.15) is 19.8 Å². The largest absolute Gasteiger partial charge is 0.399 e. The van der Waals surface area contributed by atoms with Crippen molar-refractivity contribution in [2.45, 2.75) is 30.7 Å². The Morgan fingerprint density at radius 1 is 1.33 bits per heavy atom. The molecule has 0 bridgehead atoms. The summed E-state index contributed by atoms with van der Waals surface area (Å²) in [6.07, 6.45) is 1.45. The normalized spacial score (nSPS) is 16.2. The van der Waals surface area contributed by atoms with Crippen LogP contribution in [0, 0.1) is 11.6 Å². The Morgan fingerprint density at radius 3 is 2.22 bits per heavy atom. The Labute approximate surface area is 104 Å². The van der Waals surface area contributed by atoms with Gasteiger partial charge in [-0.3, -0.25) is 0 Å². The third-order valence-electron chi connectivity index (χ3n) is 2.85. The van der Waals surface area contributed by atoms with Crippen LogP contribution in [0.5, 0.6) is 0 Å². The molecule has 1 aromatic carbocycles. The maximum absolute atomic E-state index is 13.7. The molecule has 1 fully saturated rings. The molecule has 1 aliphatic carbocycles. The topological polar surface area (TPSA) is 63.4 Å². The Bertz CT molecular complexity index is 547. The minimum atomic E-state index is -4.14. The second-order valence-electron chi connectivity index (χ2n) is 4.25. The SMILES string of the molecule is CCN(C1CC1)S(=O)(=O)c1c(F)cc(N)cc1F. The predicted molar refractivity (Wildman–Crippen MR) is 63.4 cm³/mol. The first-order valence-electron chi connectivity index (χ1n) is 5.64. The van der Waals surface area contributed by atoms with Crippen LogP contribution in [-0.4, -0.2) is 25.3 Å². The van der Waals surface area contributed by atoms with Crippen molar-refractivity contribution in [3.05, 3.63) is 23.8 Å². The van der Waals surface area contributed by atoms with Gasteiger partial charge in [0.2, 0.25) is 10.0 Å². The molecule has 0 unspecified atom stereocenters. The molecule has 0 radical (unpaired) electrons. The highest BCUT2D eigenvalue weighted by atomic mass is 32.2. The first-order chi connectivity index (χ1) is 8.37. The summed E-state index contributed by atoms with van der Waals surface area (Å²) in [6.45, 7) is 1.83. The van der Waals surface area contributed by atoms with E-state index in [1.165, 1.54) is 0 Å². The Hall–Kier alpha value is -1.21. The van der Waals surface area contributed by atoms with Gasteiger partial charge in [-0.2, -0.15) is 4.31 Å². The monoisotopic (exact) mass is 276 g/mol. The number of sulfonamides is 1. The summed E-state index contributed by atoms with van der Waals surface area (Å²) in [4.78, 5) is -0.912. The van der Waals surface area contributed by atoms with Crippen molar-refractivity contribution in [1.29, 1.82) is 0 Å². The van der Waals surface area contributed by atoms with E-state index in [2.05, 4.69) is 0 Å². The summed E-state index contributed by atoms with van der Waals surface area (Å²) < 4.78 is 52.9. The molecule has 18 heavy (non-hydrogen) atoms. The van der Waals surface area contributed by atoms with Crippen LogP contribution < -0.4 is 5.73 Å². The minimum absolute atomic E-state index is 0.140. The second kappa shape index (κ2) is 4.47. The van der Waals surface area contributed by atoms with Crippen LogP contribution in [0.15, 0.2) is 17.0 Å². The Morgan fingerprint density at radius 2 is 1.83 bits per heavy atom. The first-order valence-corrected chi connectivity index (χ1v) is 7.08. The molecular weight excluding hydrogens is 262 g/mol. The highest BCUT2D eigenvalue weighted by Crippen LogP contribution is 2.33. The summed E-state index contributed by atoms with van der Waals surface area (Å²) in [5.74, 6) is -2.29. The van der Waals surface area contributed by atoms with E-state index in [1.54, 1.807) is 6.92 Å². The zero-order valence-corrected chi connectivity index (χ0v) is 10.7. The van der Waals surface area contributed by atoms with Gasteiger partial charge in [-0.1, -0.05) is 6.92 Å². The molecule has 2 N–H and O–H groups in total. The zero-order chi connectivity index (χ0) is 13.5. The van der Waals surface area contributed by atoms with Crippen LogP contribution in [0.2, 0.25) is 0 Å². The quantitative estimate of drug-likeness (QED) is 0.852. The van der Waals surface area contributed by atoms with Gasteiger partial charge >= 0.3 is 0 Å². The fraction of sp³-hybridized carbons (Fsp3) is 0.455. The summed E-state index contributed by atoms with van der Waals surface area (Å²) in [6, 6.07) is 1.49. The zero-order valence-electron chi connectivity index (χ0n) is 9.86. The fourth-order valence-electron chi connectivity index (χ4n) is 1.93. The van der Waals surface area contributed by atoms with Crippen LogP contribution in [0.25, 0.3) is 0 Å². The van der Waals surface area contributed by atoms with Gasteiger partial charge in [0.15, 0.2) is 4.90 Å². The van der Waals surface area contributed by atoms with E-state index in [-0.39, 0.29) is 18.3 Å². The van der Waals surface area contributed by atoms with Gasteiger partial charge in [-0.25, -0.2) is 17.2 Å². The Balaban J connectivity index is 2.53. The number of nitrogens with two attached hydrogens (primary N) is 1. The van der Waals surface area contributed by atoms with E-state index in [1.807, 2.05) is 0 Å². The highest BCUT2D eigenvalue weighted by molar-refractivity contribution is 7.89. The van der Waals surface area contributed by atoms with Gasteiger partial charge in [0.25, 0.3) is 0 Å². The molecule has 0 aliphatic heterocycles. The fourth-order valence-corrected chi connectivity index (χ4v) is 3.72. The summed E-state index contributed by atoms with van der Waals surface area (Å²) in [5, 5.41) is 0. The van der Waals surface area contributed by atoms with E-state index in [4.69, 9.17) is 5.73 Å². The van der Waals surface area contributed by atoms with Crippen LogP contribution >= 0.6 is 0 Å². The molecule has 7 heteroatoms. The lowest BCUT2D eigenvalue weighted by molar-refractivity contribution is 0.410. The van der Waals surface area contributed by atoms with E-state index in [0.717, 1.165) is 29.3 Å². The molecule has 1 aromatic rings. The van der Waals surface area contributed by atoms with Gasteiger partial charge in [-0.15, -0.1) is 0 Å². The lowest BCUT2D eigenvalue weighted by atomic mass is 10.3. The molecule has 1 saturated carbocycles. The van der Waals surface area contributed by atoms with Crippen molar-refractivity contribution in [3.8, 4) is 0 Å². The van der Waals surface area contributed by atoms with Gasteiger partial charge in [0.05, 0.1) is 0 Å². The van der Waals surface area contributed by atoms with Crippen molar-refractivity contribution in [3.63, 3.8) is 0 Å². The van der Waals surface area contributed by atoms with Gasteiger partial charge in [0.1, 0.15) is 11.6 Å². The average molecular weight is 276 g/mol. The number of nitrogen functional groups attached to an aromatic ring is 1. The maximum atomic E-state index is 13.7. The molecule has 0 spiro atoms. The van der Waals surface area contributed by atoms with Gasteiger partial charge < -0.3 is 5.73 Å². The van der Waals surface area contributed by atoms with E-state index in [9.17, 15) is 17.2 Å². The molecule has 0 aromatic heterocycles. The highest BCUT2D eigenvalue weighted by Gasteiger charge is 2.39. The molecular formula is C11H14F2N2O2S. The number of hydrogen-bond donors (Lipinski definition) is 1. The third-order valence-corrected chi connectivity index (χ3v) is 4.93. The van der Waals surface area contributed by atoms with Crippen molar-refractivity contribution in [1.82, 2.24) is 4.31 Å². The third kappa shape index (κ3) is 2.20. The standard InChI is InChI=1S/C11H14F2N2O2S/c1-2-15(8-3-4-8)18(16,17)11-9(12)5-7(14)6-10(11)13/h5-6,8H,2-4,14H2,1H3. The maximum Gasteiger partial charge on any atom is 0.249 e. The number of rotatable bonds is 4. The molecule has 1 aliphatic rings. The molecule has 0 atom stereocenters. The van der Waals surface area contributed by atoms with Crippen molar-refractivity contribution in [2.75, 3.05) is 12.3 Å². The lowest BCUT2D eigenvalue weighted by Gasteiger charge is -2.20. The van der Waals surface area contributed by atoms with Crippen molar-refractivity contribution < 1.29 is 17.2 Å². The molecule has 2 rings (SSSR count). The van der Waals surface area contributed by atoms with E-state index in [0.29, 0.717) is 0 Å². The number of benzene rings is 1. The number of halogens is 2. The second-order valence-corrected chi connectivity index (χ2v) is 6.08. The molecule has 100 valence electrons. The van der Waals surface area contributed by atoms with Crippen LogP contribution in [0.3, 0.4) is 0 Å². The van der Waals surface area contributed by atoms with Crippen LogP contribution in [-0.2, 0) is 10.0 Å². The average Bonchev–Trinajstić information content (AvgIpc) is 2.99. The van der Waals surface area contributed by atoms with Crippen molar-refractivity contribution >= 4 is 15.7 Å². The van der Waals surface area contributed by atoms with E-state index >= 15 is 0 Å². The van der Waals surface area contributed by atoms with Gasteiger partial charge in [0, 0.05) is 18.3 Å². The summed E-state index contributed by atoms with van der Waals surface area (Å²) >= 11 is 0. The predicted octanol–water partition coefficient (Wildman–Crippen LogP) is 1.72. The van der Waals surface area contributed by atoms with Crippen molar-refractivity contribution in [2.24, 2.45) is 0 Å². The smallest absolute Gasteiger partial charge is 0.249 e. The molecule has 0 amide bonds. The van der Waals surface area contributed by atoms with E-state index < -0.39 is 26.6 Å². The summed E-state index contributed by atoms with van der Waals surface area (Å²) in [5.41, 5.74) is 5.12. The number of anilines is 1. The number of hydrogen-bond acceptors (Lipinski definition) is 3. The molecule has 4 nitrogen and oxygen atoms in total. The molecule has 0 saturated heterocycles.